The van der Waals surface area contributed by atoms with Crippen LogP contribution in [0.25, 0.3) is 10.9 Å². The Hall–Kier alpha value is -2.84. The van der Waals surface area contributed by atoms with Crippen molar-refractivity contribution in [3.8, 4) is 5.75 Å². The minimum Gasteiger partial charge on any atom is -0.491 e. The van der Waals surface area contributed by atoms with Crippen molar-refractivity contribution in [2.45, 2.75) is 43.7 Å². The fourth-order valence-corrected chi connectivity index (χ4v) is 5.64. The van der Waals surface area contributed by atoms with Crippen molar-refractivity contribution < 1.29 is 23.1 Å². The number of fused-ring (bicyclic) bond motifs is 1. The van der Waals surface area contributed by atoms with E-state index in [9.17, 15) is 18.3 Å². The highest BCUT2D eigenvalue weighted by molar-refractivity contribution is 7.89. The molecule has 3 aromatic rings. The maximum absolute atomic E-state index is 13.2. The Bertz CT molecular complexity index is 1200. The Morgan fingerprint density at radius 2 is 1.87 bits per heavy atom. The van der Waals surface area contributed by atoms with Gasteiger partial charge in [0.25, 0.3) is 0 Å². The average Bonchev–Trinajstić information content (AvgIpc) is 3.34. The number of hydrogen-bond donors (Lipinski definition) is 1. The van der Waals surface area contributed by atoms with Gasteiger partial charge in [0.15, 0.2) is 0 Å². The maximum Gasteiger partial charge on any atom is 0.307 e. The van der Waals surface area contributed by atoms with Gasteiger partial charge in [-0.15, -0.1) is 0 Å². The number of hydrogen-bond acceptors (Lipinski definition) is 4. The first kappa shape index (κ1) is 21.4. The summed E-state index contributed by atoms with van der Waals surface area (Å²) in [6.07, 6.45) is 2.48. The summed E-state index contributed by atoms with van der Waals surface area (Å²) in [5.74, 6) is -0.249. The number of ether oxygens (including phenoxy) is 1. The van der Waals surface area contributed by atoms with E-state index in [-0.39, 0.29) is 23.5 Å². The monoisotopic (exact) mass is 442 g/mol. The summed E-state index contributed by atoms with van der Waals surface area (Å²) in [7, 11) is -3.62. The van der Waals surface area contributed by atoms with E-state index in [1.54, 1.807) is 24.3 Å². The fourth-order valence-electron chi connectivity index (χ4n) is 4.15. The Morgan fingerprint density at radius 1 is 1.16 bits per heavy atom. The normalized spacial score (nSPS) is 17.5. The number of aliphatic carboxylic acids is 1. The van der Waals surface area contributed by atoms with Crippen LogP contribution in [0.1, 0.15) is 31.9 Å². The molecule has 1 aliphatic heterocycles. The van der Waals surface area contributed by atoms with Crippen LogP contribution in [-0.2, 0) is 21.2 Å². The molecule has 31 heavy (non-hydrogen) atoms. The smallest absolute Gasteiger partial charge is 0.307 e. The molecule has 1 fully saturated rings. The lowest BCUT2D eigenvalue weighted by Gasteiger charge is -2.18. The van der Waals surface area contributed by atoms with E-state index in [1.165, 1.54) is 4.31 Å². The van der Waals surface area contributed by atoms with Crippen LogP contribution in [0.4, 0.5) is 0 Å². The summed E-state index contributed by atoms with van der Waals surface area (Å²) < 4.78 is 35.4. The van der Waals surface area contributed by atoms with Gasteiger partial charge in [-0.25, -0.2) is 8.42 Å². The Morgan fingerprint density at radius 3 is 2.55 bits per heavy atom. The lowest BCUT2D eigenvalue weighted by atomic mass is 10.1. The van der Waals surface area contributed by atoms with Crippen molar-refractivity contribution >= 4 is 26.9 Å². The molecule has 0 unspecified atom stereocenters. The topological polar surface area (TPSA) is 88.8 Å². The molecule has 4 rings (SSSR count). The predicted molar refractivity (Wildman–Crippen MR) is 118 cm³/mol. The predicted octanol–water partition coefficient (Wildman–Crippen LogP) is 3.69. The molecule has 2 heterocycles. The number of nitrogens with zero attached hydrogens (tertiary/aromatic N) is 2. The molecule has 0 bridgehead atoms. The van der Waals surface area contributed by atoms with Crippen molar-refractivity contribution in [3.05, 3.63) is 60.3 Å². The van der Waals surface area contributed by atoms with Gasteiger partial charge in [-0.2, -0.15) is 4.31 Å². The van der Waals surface area contributed by atoms with E-state index in [2.05, 4.69) is 0 Å². The van der Waals surface area contributed by atoms with Gasteiger partial charge in [-0.05, 0) is 56.2 Å². The number of benzene rings is 2. The highest BCUT2D eigenvalue weighted by Gasteiger charge is 2.34. The van der Waals surface area contributed by atoms with Crippen molar-refractivity contribution in [3.63, 3.8) is 0 Å². The number of carboxylic acid groups (broad SMARTS) is 1. The molecule has 1 aromatic heterocycles. The van der Waals surface area contributed by atoms with Crippen LogP contribution in [0.5, 0.6) is 5.75 Å². The molecule has 1 N–H and O–H groups in total. The minimum atomic E-state index is -3.62. The second-order valence-corrected chi connectivity index (χ2v) is 10.0. The van der Waals surface area contributed by atoms with Gasteiger partial charge >= 0.3 is 5.97 Å². The number of carbonyl (C=O) groups is 1. The van der Waals surface area contributed by atoms with Crippen LogP contribution < -0.4 is 4.74 Å². The largest absolute Gasteiger partial charge is 0.491 e. The van der Waals surface area contributed by atoms with Crippen LogP contribution >= 0.6 is 0 Å². The van der Waals surface area contributed by atoms with E-state index in [0.29, 0.717) is 25.3 Å². The minimum absolute atomic E-state index is 0.0178. The number of carboxylic acids is 1. The molecule has 1 atom stereocenters. The van der Waals surface area contributed by atoms with Gasteiger partial charge in [0.2, 0.25) is 10.0 Å². The van der Waals surface area contributed by atoms with Crippen molar-refractivity contribution in [2.24, 2.45) is 0 Å². The number of rotatable bonds is 7. The van der Waals surface area contributed by atoms with E-state index < -0.39 is 16.0 Å². The molecule has 7 nitrogen and oxygen atoms in total. The van der Waals surface area contributed by atoms with E-state index in [1.807, 2.05) is 48.9 Å². The third-order valence-electron chi connectivity index (χ3n) is 5.52. The summed E-state index contributed by atoms with van der Waals surface area (Å²) in [6, 6.07) is 14.1. The van der Waals surface area contributed by atoms with Crippen molar-refractivity contribution in [1.29, 1.82) is 0 Å². The zero-order chi connectivity index (χ0) is 22.2. The van der Waals surface area contributed by atoms with Crippen LogP contribution in [0.15, 0.2) is 59.6 Å². The van der Waals surface area contributed by atoms with Crippen molar-refractivity contribution in [1.82, 2.24) is 8.87 Å². The lowest BCUT2D eigenvalue weighted by Crippen LogP contribution is -2.29. The second kappa shape index (κ2) is 8.36. The quantitative estimate of drug-likeness (QED) is 0.603. The molecule has 2 aromatic carbocycles. The molecule has 0 aliphatic carbocycles. The third kappa shape index (κ3) is 4.31. The zero-order valence-corrected chi connectivity index (χ0v) is 18.4. The molecule has 164 valence electrons. The summed E-state index contributed by atoms with van der Waals surface area (Å²) >= 11 is 0. The van der Waals surface area contributed by atoms with E-state index >= 15 is 0 Å². The number of aromatic nitrogens is 1. The molecule has 8 heteroatoms. The van der Waals surface area contributed by atoms with Gasteiger partial charge in [-0.3, -0.25) is 4.79 Å². The summed E-state index contributed by atoms with van der Waals surface area (Å²) in [5, 5.41) is 10.1. The van der Waals surface area contributed by atoms with E-state index in [0.717, 1.165) is 16.5 Å². The second-order valence-electron chi connectivity index (χ2n) is 8.09. The van der Waals surface area contributed by atoms with Crippen LogP contribution in [0.3, 0.4) is 0 Å². The van der Waals surface area contributed by atoms with Crippen LogP contribution in [-0.4, -0.2) is 47.6 Å². The van der Waals surface area contributed by atoms with Gasteiger partial charge in [0, 0.05) is 36.2 Å². The first-order valence-corrected chi connectivity index (χ1v) is 11.8. The fraction of sp³-hybridized carbons (Fsp3) is 0.348. The van der Waals surface area contributed by atoms with Gasteiger partial charge < -0.3 is 14.4 Å². The Kier molecular flexibility index (Phi) is 5.77. The highest BCUT2D eigenvalue weighted by atomic mass is 32.2. The van der Waals surface area contributed by atoms with Crippen LogP contribution in [0, 0.1) is 0 Å². The molecule has 1 saturated heterocycles. The lowest BCUT2D eigenvalue weighted by molar-refractivity contribution is -0.136. The SMILES string of the molecule is CC(C)Oc1ccc(S(=O)(=O)N2CC[C@H](n3cc(CC(=O)O)c4ccccc43)C2)cc1. The first-order chi connectivity index (χ1) is 14.8. The highest BCUT2D eigenvalue weighted by Crippen LogP contribution is 2.32. The standard InChI is InChI=1S/C23H26N2O5S/c1-16(2)30-19-7-9-20(10-8-19)31(28,29)24-12-11-18(15-24)25-14-17(13-23(26)27)21-5-3-4-6-22(21)25/h3-10,14,16,18H,11-13,15H2,1-2H3,(H,26,27)/t18-/m0/s1. The molecular formula is C23H26N2O5S. The molecular weight excluding hydrogens is 416 g/mol. The molecule has 1 aliphatic rings. The van der Waals surface area contributed by atoms with Gasteiger partial charge in [0.1, 0.15) is 5.75 Å². The van der Waals surface area contributed by atoms with Crippen LogP contribution in [0.2, 0.25) is 0 Å². The first-order valence-electron chi connectivity index (χ1n) is 10.3. The Balaban J connectivity index is 1.57. The number of sulfonamides is 1. The molecule has 0 amide bonds. The summed E-state index contributed by atoms with van der Waals surface area (Å²) in [5.41, 5.74) is 1.67. The van der Waals surface area contributed by atoms with Gasteiger partial charge in [-0.1, -0.05) is 18.2 Å². The van der Waals surface area contributed by atoms with Gasteiger partial charge in [0.05, 0.1) is 17.4 Å². The summed E-state index contributed by atoms with van der Waals surface area (Å²) in [6.45, 7) is 4.60. The molecule has 0 radical (unpaired) electrons. The molecule has 0 saturated carbocycles. The molecule has 0 spiro atoms. The van der Waals surface area contributed by atoms with Crippen molar-refractivity contribution in [2.75, 3.05) is 13.1 Å². The summed E-state index contributed by atoms with van der Waals surface area (Å²) in [4.78, 5) is 11.5. The Labute approximate surface area is 181 Å². The average molecular weight is 443 g/mol. The number of para-hydroxylation sites is 1. The van der Waals surface area contributed by atoms with E-state index in [4.69, 9.17) is 4.74 Å². The zero-order valence-electron chi connectivity index (χ0n) is 17.6. The maximum atomic E-state index is 13.2. The third-order valence-corrected chi connectivity index (χ3v) is 7.40.